The lowest BCUT2D eigenvalue weighted by atomic mass is 10.2. The van der Waals surface area contributed by atoms with Gasteiger partial charge < -0.3 is 0 Å². The van der Waals surface area contributed by atoms with Crippen LogP contribution in [0.4, 0.5) is 0 Å². The van der Waals surface area contributed by atoms with E-state index < -0.39 is 0 Å². The lowest BCUT2D eigenvalue weighted by Gasteiger charge is -2.01. The monoisotopic (exact) mass is 170 g/mol. The second-order valence-corrected chi connectivity index (χ2v) is 3.13. The van der Waals surface area contributed by atoms with E-state index in [-0.39, 0.29) is 0 Å². The van der Waals surface area contributed by atoms with Crippen LogP contribution in [0, 0.1) is 0 Å². The number of rotatable bonds is 2. The van der Waals surface area contributed by atoms with Crippen LogP contribution in [-0.4, -0.2) is 6.26 Å². The van der Waals surface area contributed by atoms with Crippen molar-refractivity contribution in [3.63, 3.8) is 0 Å². The minimum absolute atomic E-state index is 0.830. The fraction of sp³-hybridized carbons (Fsp3) is 0.250. The van der Waals surface area contributed by atoms with E-state index in [1.165, 1.54) is 10.5 Å². The first-order chi connectivity index (χ1) is 4.88. The van der Waals surface area contributed by atoms with E-state index in [0.29, 0.717) is 0 Å². The Kier molecular flexibility index (Phi) is 3.16. The van der Waals surface area contributed by atoms with E-state index in [1.54, 1.807) is 11.8 Å². The van der Waals surface area contributed by atoms with Crippen molar-refractivity contribution in [2.45, 2.75) is 10.6 Å². The summed E-state index contributed by atoms with van der Waals surface area (Å²) in [6, 6.07) is 8.33. The van der Waals surface area contributed by atoms with Gasteiger partial charge in [0.25, 0.3) is 0 Å². The Morgan fingerprint density at radius 2 is 2.10 bits per heavy atom. The second kappa shape index (κ2) is 3.94. The van der Waals surface area contributed by atoms with Crippen molar-refractivity contribution in [2.75, 3.05) is 6.26 Å². The van der Waals surface area contributed by atoms with Crippen LogP contribution in [0.15, 0.2) is 29.2 Å². The summed E-state index contributed by atoms with van der Waals surface area (Å²) in [6.45, 7) is 0. The van der Waals surface area contributed by atoms with Crippen molar-refractivity contribution in [2.24, 2.45) is 0 Å². The Bertz CT molecular complexity index is 185. The zero-order valence-corrected chi connectivity index (χ0v) is 7.58. The Labute approximate surface area is 71.4 Å². The number of hydrogen-bond acceptors (Lipinski definition) is 2. The first kappa shape index (κ1) is 8.02. The van der Waals surface area contributed by atoms with Gasteiger partial charge in [-0.25, -0.2) is 0 Å². The van der Waals surface area contributed by atoms with Crippen LogP contribution in [0.3, 0.4) is 0 Å². The molecule has 0 saturated heterocycles. The molecule has 0 aliphatic heterocycles. The molecule has 1 aromatic rings. The van der Waals surface area contributed by atoms with Gasteiger partial charge in [0.15, 0.2) is 0 Å². The van der Waals surface area contributed by atoms with Crippen molar-refractivity contribution in [3.05, 3.63) is 29.8 Å². The summed E-state index contributed by atoms with van der Waals surface area (Å²) in [7, 11) is 0. The molecule has 0 aliphatic carbocycles. The molecule has 0 aromatic heterocycles. The van der Waals surface area contributed by atoms with Crippen LogP contribution in [0.25, 0.3) is 0 Å². The van der Waals surface area contributed by atoms with Crippen molar-refractivity contribution in [1.29, 1.82) is 0 Å². The van der Waals surface area contributed by atoms with Gasteiger partial charge in [0, 0.05) is 10.6 Å². The Morgan fingerprint density at radius 3 is 2.60 bits per heavy atom. The number of benzene rings is 1. The van der Waals surface area contributed by atoms with Crippen molar-refractivity contribution >= 4 is 24.4 Å². The van der Waals surface area contributed by atoms with Gasteiger partial charge in [-0.1, -0.05) is 18.2 Å². The topological polar surface area (TPSA) is 0 Å². The maximum Gasteiger partial charge on any atom is 0.0165 e. The minimum Gasteiger partial charge on any atom is -0.175 e. The molecule has 0 atom stereocenters. The van der Waals surface area contributed by atoms with Crippen LogP contribution in [0.2, 0.25) is 0 Å². The molecule has 0 amide bonds. The highest BCUT2D eigenvalue weighted by atomic mass is 32.2. The maximum atomic E-state index is 4.22. The summed E-state index contributed by atoms with van der Waals surface area (Å²) >= 11 is 5.99. The molecule has 0 spiro atoms. The Balaban J connectivity index is 2.96. The zero-order valence-electron chi connectivity index (χ0n) is 5.87. The molecule has 1 aromatic carbocycles. The van der Waals surface area contributed by atoms with Gasteiger partial charge in [-0.15, -0.1) is 11.8 Å². The first-order valence-electron chi connectivity index (χ1n) is 3.11. The van der Waals surface area contributed by atoms with E-state index in [4.69, 9.17) is 0 Å². The highest BCUT2D eigenvalue weighted by Gasteiger charge is 1.95. The summed E-state index contributed by atoms with van der Waals surface area (Å²) in [4.78, 5) is 1.33. The van der Waals surface area contributed by atoms with Crippen LogP contribution in [0.1, 0.15) is 5.56 Å². The number of thiol groups is 1. The van der Waals surface area contributed by atoms with Crippen molar-refractivity contribution in [1.82, 2.24) is 0 Å². The zero-order chi connectivity index (χ0) is 7.40. The molecular weight excluding hydrogens is 160 g/mol. The Hall–Kier alpha value is -0.0800. The van der Waals surface area contributed by atoms with Gasteiger partial charge in [0.05, 0.1) is 0 Å². The molecule has 0 nitrogen and oxygen atoms in total. The van der Waals surface area contributed by atoms with Gasteiger partial charge in [-0.3, -0.25) is 0 Å². The smallest absolute Gasteiger partial charge is 0.0165 e. The molecule has 0 heterocycles. The quantitative estimate of drug-likeness (QED) is 0.526. The lowest BCUT2D eigenvalue weighted by Crippen LogP contribution is -1.80. The molecule has 0 bridgehead atoms. The molecule has 0 aliphatic rings. The summed E-state index contributed by atoms with van der Waals surface area (Å²) in [5, 5.41) is 0. The van der Waals surface area contributed by atoms with Crippen molar-refractivity contribution in [3.8, 4) is 0 Å². The van der Waals surface area contributed by atoms with Crippen LogP contribution < -0.4 is 0 Å². The third-order valence-electron chi connectivity index (χ3n) is 1.36. The van der Waals surface area contributed by atoms with Gasteiger partial charge in [-0.05, 0) is 17.9 Å². The fourth-order valence-electron chi connectivity index (χ4n) is 0.834. The molecule has 0 fully saturated rings. The molecule has 10 heavy (non-hydrogen) atoms. The van der Waals surface area contributed by atoms with Gasteiger partial charge in [0.2, 0.25) is 0 Å². The normalized spacial score (nSPS) is 9.80. The number of hydrogen-bond donors (Lipinski definition) is 1. The highest BCUT2D eigenvalue weighted by Crippen LogP contribution is 2.20. The fourth-order valence-corrected chi connectivity index (χ4v) is 1.83. The van der Waals surface area contributed by atoms with E-state index in [2.05, 4.69) is 37.1 Å². The third-order valence-corrected chi connectivity index (χ3v) is 2.54. The van der Waals surface area contributed by atoms with Crippen LogP contribution >= 0.6 is 24.4 Å². The largest absolute Gasteiger partial charge is 0.175 e. The molecule has 54 valence electrons. The van der Waals surface area contributed by atoms with E-state index in [0.717, 1.165) is 5.75 Å². The van der Waals surface area contributed by atoms with E-state index >= 15 is 0 Å². The average molecular weight is 170 g/mol. The predicted octanol–water partition coefficient (Wildman–Crippen LogP) is 2.84. The third kappa shape index (κ3) is 1.70. The predicted molar refractivity (Wildman–Crippen MR) is 50.9 cm³/mol. The van der Waals surface area contributed by atoms with Gasteiger partial charge in [0.1, 0.15) is 0 Å². The maximum absolute atomic E-state index is 4.22. The van der Waals surface area contributed by atoms with E-state index in [9.17, 15) is 0 Å². The molecular formula is C8H10S2. The first-order valence-corrected chi connectivity index (χ1v) is 4.97. The standard InChI is InChI=1S/C8H10S2/c1-10-8-5-3-2-4-7(8)6-9/h2-5,9H,6H2,1H3. The van der Waals surface area contributed by atoms with Crippen LogP contribution in [0.5, 0.6) is 0 Å². The Morgan fingerprint density at radius 1 is 1.40 bits per heavy atom. The number of thioether (sulfide) groups is 1. The summed E-state index contributed by atoms with van der Waals surface area (Å²) in [6.07, 6.45) is 2.09. The van der Waals surface area contributed by atoms with E-state index in [1.807, 2.05) is 6.07 Å². The van der Waals surface area contributed by atoms with Gasteiger partial charge in [-0.2, -0.15) is 12.6 Å². The lowest BCUT2D eigenvalue weighted by molar-refractivity contribution is 1.28. The molecule has 0 saturated carbocycles. The summed E-state index contributed by atoms with van der Waals surface area (Å²) in [5.41, 5.74) is 1.32. The average Bonchev–Trinajstić information content (AvgIpc) is 2.04. The van der Waals surface area contributed by atoms with Crippen LogP contribution in [-0.2, 0) is 5.75 Å². The summed E-state index contributed by atoms with van der Waals surface area (Å²) < 4.78 is 0. The molecule has 0 unspecified atom stereocenters. The summed E-state index contributed by atoms with van der Waals surface area (Å²) in [5.74, 6) is 0.830. The molecule has 1 rings (SSSR count). The second-order valence-electron chi connectivity index (χ2n) is 1.97. The molecule has 0 N–H and O–H groups in total. The molecule has 2 heteroatoms. The SMILES string of the molecule is CSc1ccccc1CS. The molecule has 0 radical (unpaired) electrons. The van der Waals surface area contributed by atoms with Gasteiger partial charge >= 0.3 is 0 Å². The van der Waals surface area contributed by atoms with Crippen molar-refractivity contribution < 1.29 is 0 Å². The minimum atomic E-state index is 0.830. The highest BCUT2D eigenvalue weighted by molar-refractivity contribution is 7.98.